The molecule has 1 aliphatic rings. The van der Waals surface area contributed by atoms with Gasteiger partial charge in [-0.25, -0.2) is 8.42 Å². The molecule has 0 unspecified atom stereocenters. The van der Waals surface area contributed by atoms with E-state index in [9.17, 15) is 8.42 Å². The lowest BCUT2D eigenvalue weighted by atomic mass is 10.1. The molecule has 0 saturated carbocycles. The molecule has 0 radical (unpaired) electrons. The monoisotopic (exact) mass is 388 g/mol. The van der Waals surface area contributed by atoms with Gasteiger partial charge < -0.3 is 10.1 Å². The molecule has 0 aliphatic carbocycles. The van der Waals surface area contributed by atoms with Crippen LogP contribution in [-0.4, -0.2) is 46.0 Å². The second-order valence-corrected chi connectivity index (χ2v) is 8.77. The average Bonchev–Trinajstić information content (AvgIpc) is 3.02. The molecule has 11 heteroatoms. The molecule has 1 aliphatic heterocycles. The van der Waals surface area contributed by atoms with Crippen molar-refractivity contribution < 1.29 is 29.3 Å². The van der Waals surface area contributed by atoms with Gasteiger partial charge in [-0.3, -0.25) is 0 Å². The number of ether oxygens (including phenoxy) is 1. The van der Waals surface area contributed by atoms with Crippen LogP contribution in [0.2, 0.25) is 0 Å². The molecular weight excluding hydrogens is 362 g/mol. The first-order valence-corrected chi connectivity index (χ1v) is 9.54. The van der Waals surface area contributed by atoms with Gasteiger partial charge in [0.2, 0.25) is 0 Å². The number of nitrogens with one attached hydrogen (secondary N) is 1. The summed E-state index contributed by atoms with van der Waals surface area (Å²) in [4.78, 5) is 4.01. The van der Waals surface area contributed by atoms with Crippen molar-refractivity contribution in [1.29, 1.82) is 0 Å². The third-order valence-corrected chi connectivity index (χ3v) is 7.42. The van der Waals surface area contributed by atoms with Crippen LogP contribution in [0, 0.1) is 0 Å². The standard InChI is InChI=1S/C12H21N3O5S3/c1-3-14-10-8-15(5-4-6-18-2)23(16,17)12-9(10)7-11(21-12)22-20-19-13/h7,10,14H,3-6,8,13H2,1-2H3/t10-/m0/s1/i1D3,3D2. The first-order chi connectivity index (χ1) is 12.9. The summed E-state index contributed by atoms with van der Waals surface area (Å²) in [6.07, 6.45) is 0.432. The second-order valence-electron chi connectivity index (χ2n) is 4.59. The largest absolute Gasteiger partial charge is 0.385 e. The molecule has 0 amide bonds. The lowest BCUT2D eigenvalue weighted by Crippen LogP contribution is -2.43. The Morgan fingerprint density at radius 3 is 3.22 bits per heavy atom. The summed E-state index contributed by atoms with van der Waals surface area (Å²) < 4.78 is 74.9. The molecule has 3 N–H and O–H groups in total. The molecule has 1 aromatic heterocycles. The molecular formula is C12H21N3O5S3. The van der Waals surface area contributed by atoms with E-state index in [0.717, 1.165) is 11.3 Å². The van der Waals surface area contributed by atoms with Crippen LogP contribution in [0.5, 0.6) is 0 Å². The van der Waals surface area contributed by atoms with Crippen LogP contribution in [0.4, 0.5) is 0 Å². The highest BCUT2D eigenvalue weighted by atomic mass is 32.3. The zero-order chi connectivity index (χ0) is 21.2. The number of thiophene rings is 1. The Bertz CT molecular complexity index is 773. The first-order valence-electron chi connectivity index (χ1n) is 9.04. The van der Waals surface area contributed by atoms with E-state index in [-0.39, 0.29) is 22.9 Å². The normalized spacial score (nSPS) is 25.0. The first kappa shape index (κ1) is 13.0. The van der Waals surface area contributed by atoms with Gasteiger partial charge in [0.05, 0.1) is 16.3 Å². The van der Waals surface area contributed by atoms with E-state index in [1.807, 2.05) is 0 Å². The molecule has 8 nitrogen and oxygen atoms in total. The molecule has 2 rings (SSSR count). The number of hydrogen-bond donors (Lipinski definition) is 2. The van der Waals surface area contributed by atoms with E-state index >= 15 is 0 Å². The van der Waals surface area contributed by atoms with Crippen molar-refractivity contribution in [3.8, 4) is 0 Å². The summed E-state index contributed by atoms with van der Waals surface area (Å²) in [5.41, 5.74) is 0.268. The van der Waals surface area contributed by atoms with E-state index < -0.39 is 29.4 Å². The summed E-state index contributed by atoms with van der Waals surface area (Å²) in [6, 6.07) is 0.613. The lowest BCUT2D eigenvalue weighted by Gasteiger charge is -2.32. The maximum atomic E-state index is 13.0. The van der Waals surface area contributed by atoms with Crippen molar-refractivity contribution in [3.63, 3.8) is 0 Å². The number of nitrogens with zero attached hydrogens (tertiary/aromatic N) is 1. The van der Waals surface area contributed by atoms with Crippen molar-refractivity contribution in [2.45, 2.75) is 27.7 Å². The summed E-state index contributed by atoms with van der Waals surface area (Å²) in [6.45, 7) is -5.29. The lowest BCUT2D eigenvalue weighted by molar-refractivity contribution is -0.195. The van der Waals surface area contributed by atoms with Crippen LogP contribution in [0.15, 0.2) is 14.5 Å². The molecule has 1 atom stereocenters. The number of likely N-dealkylation sites (N-methyl/N-ethyl adjacent to an activating group) is 1. The summed E-state index contributed by atoms with van der Waals surface area (Å²) >= 11 is 1.60. The average molecular weight is 389 g/mol. The van der Waals surface area contributed by atoms with Crippen molar-refractivity contribution in [2.75, 3.05) is 33.3 Å². The summed E-state index contributed by atoms with van der Waals surface area (Å²) in [5, 5.41) is 2.45. The second kappa shape index (κ2) is 8.74. The number of nitrogens with two attached hydrogens (primary N) is 1. The van der Waals surface area contributed by atoms with Crippen LogP contribution in [0.3, 0.4) is 0 Å². The van der Waals surface area contributed by atoms with E-state index in [1.54, 1.807) is 0 Å². The fourth-order valence-electron chi connectivity index (χ4n) is 2.23. The maximum Gasteiger partial charge on any atom is 0.252 e. The number of sulfonamides is 1. The molecule has 1 aromatic rings. The van der Waals surface area contributed by atoms with Crippen molar-refractivity contribution in [1.82, 2.24) is 9.62 Å². The molecule has 2 heterocycles. The molecule has 0 bridgehead atoms. The van der Waals surface area contributed by atoms with Gasteiger partial charge in [0.25, 0.3) is 10.0 Å². The minimum Gasteiger partial charge on any atom is -0.385 e. The van der Waals surface area contributed by atoms with Crippen LogP contribution in [0.1, 0.15) is 31.7 Å². The van der Waals surface area contributed by atoms with Crippen LogP contribution in [-0.2, 0) is 24.1 Å². The third-order valence-electron chi connectivity index (χ3n) is 3.20. The Morgan fingerprint density at radius 2 is 2.52 bits per heavy atom. The van der Waals surface area contributed by atoms with E-state index in [1.165, 1.54) is 17.5 Å². The van der Waals surface area contributed by atoms with Gasteiger partial charge in [-0.1, -0.05) is 6.85 Å². The van der Waals surface area contributed by atoms with Crippen molar-refractivity contribution >= 4 is 33.4 Å². The minimum absolute atomic E-state index is 0.0156. The molecule has 132 valence electrons. The summed E-state index contributed by atoms with van der Waals surface area (Å²) in [5.74, 6) is 4.80. The zero-order valence-corrected chi connectivity index (χ0v) is 14.7. The van der Waals surface area contributed by atoms with E-state index in [2.05, 4.69) is 14.6 Å². The van der Waals surface area contributed by atoms with Gasteiger partial charge in [-0.15, -0.1) is 20.7 Å². The zero-order valence-electron chi connectivity index (χ0n) is 17.3. The number of hydrogen-bond acceptors (Lipinski definition) is 9. The Balaban J connectivity index is 2.40. The van der Waals surface area contributed by atoms with Gasteiger partial charge in [-0.2, -0.15) is 10.2 Å². The fourth-order valence-corrected chi connectivity index (χ4v) is 6.28. The Labute approximate surface area is 151 Å². The smallest absolute Gasteiger partial charge is 0.252 e. The third kappa shape index (κ3) is 4.44. The Kier molecular flexibility index (Phi) is 4.95. The summed E-state index contributed by atoms with van der Waals surface area (Å²) in [7, 11) is -2.34. The highest BCUT2D eigenvalue weighted by Crippen LogP contribution is 2.42. The maximum absolute atomic E-state index is 13.0. The van der Waals surface area contributed by atoms with E-state index in [0.29, 0.717) is 29.3 Å². The molecule has 0 aromatic carbocycles. The fraction of sp³-hybridized carbons (Fsp3) is 0.667. The van der Waals surface area contributed by atoms with Crippen LogP contribution in [0.25, 0.3) is 0 Å². The predicted octanol–water partition coefficient (Wildman–Crippen LogP) is 1.27. The molecule has 0 saturated heterocycles. The van der Waals surface area contributed by atoms with E-state index in [4.69, 9.17) is 17.5 Å². The van der Waals surface area contributed by atoms with Crippen molar-refractivity contribution in [3.05, 3.63) is 11.6 Å². The Hall–Kier alpha value is -0.240. The molecule has 0 fully saturated rings. The van der Waals surface area contributed by atoms with Crippen molar-refractivity contribution in [2.24, 2.45) is 5.90 Å². The topological polar surface area (TPSA) is 103 Å². The molecule has 0 spiro atoms. The highest BCUT2D eigenvalue weighted by Gasteiger charge is 2.38. The quantitative estimate of drug-likeness (QED) is 0.282. The van der Waals surface area contributed by atoms with Gasteiger partial charge in [0.15, 0.2) is 0 Å². The van der Waals surface area contributed by atoms with Crippen LogP contribution < -0.4 is 11.2 Å². The molecule has 23 heavy (non-hydrogen) atoms. The number of methoxy groups -OCH3 is 1. The van der Waals surface area contributed by atoms with Gasteiger partial charge in [-0.05, 0) is 19.0 Å². The number of rotatable bonds is 9. The predicted molar refractivity (Wildman–Crippen MR) is 88.2 cm³/mol. The van der Waals surface area contributed by atoms with Gasteiger partial charge >= 0.3 is 0 Å². The SMILES string of the molecule is [2H]C([2H])([2H])C([2H])([2H])N[C@H]1CN(CCCOC)S(=O)(=O)c2sc(SOON)cc21. The number of fused-ring (bicyclic) bond motifs is 1. The van der Waals surface area contributed by atoms with Gasteiger partial charge in [0, 0.05) is 45.3 Å². The Morgan fingerprint density at radius 1 is 1.70 bits per heavy atom. The minimum atomic E-state index is -3.84. The van der Waals surface area contributed by atoms with Crippen LogP contribution >= 0.6 is 23.4 Å². The highest BCUT2D eigenvalue weighted by molar-refractivity contribution is 7.97. The van der Waals surface area contributed by atoms with Gasteiger partial charge in [0.1, 0.15) is 4.21 Å².